The Kier molecular flexibility index (Phi) is 4.04. The zero-order valence-electron chi connectivity index (χ0n) is 12.3. The molecule has 1 aromatic heterocycles. The van der Waals surface area contributed by atoms with Crippen LogP contribution >= 0.6 is 15.9 Å². The van der Waals surface area contributed by atoms with Crippen LogP contribution in [0.3, 0.4) is 0 Å². The molecule has 0 saturated carbocycles. The Bertz CT molecular complexity index is 667. The van der Waals surface area contributed by atoms with Crippen molar-refractivity contribution in [3.63, 3.8) is 0 Å². The van der Waals surface area contributed by atoms with Crippen molar-refractivity contribution < 1.29 is 9.84 Å². The van der Waals surface area contributed by atoms with E-state index in [1.54, 1.807) is 0 Å². The summed E-state index contributed by atoms with van der Waals surface area (Å²) in [6, 6.07) is 5.97. The smallest absolute Gasteiger partial charge is 0.131 e. The van der Waals surface area contributed by atoms with Crippen LogP contribution in [0.1, 0.15) is 41.5 Å². The lowest BCUT2D eigenvalue weighted by Crippen LogP contribution is -2.09. The lowest BCUT2D eigenvalue weighted by Gasteiger charge is -2.21. The van der Waals surface area contributed by atoms with Crippen molar-refractivity contribution in [2.24, 2.45) is 7.05 Å². The first kappa shape index (κ1) is 14.6. The molecule has 1 N–H and O–H groups in total. The number of hydrogen-bond acceptors (Lipinski definition) is 3. The summed E-state index contributed by atoms with van der Waals surface area (Å²) < 4.78 is 8.73. The van der Waals surface area contributed by atoms with Crippen LogP contribution in [0.5, 0.6) is 5.75 Å². The molecular weight excluding hydrogens is 332 g/mol. The van der Waals surface area contributed by atoms with Crippen molar-refractivity contribution in [1.82, 2.24) is 9.78 Å². The van der Waals surface area contributed by atoms with E-state index in [2.05, 4.69) is 27.1 Å². The molecule has 0 amide bonds. The van der Waals surface area contributed by atoms with Crippen LogP contribution in [0.15, 0.2) is 22.7 Å². The van der Waals surface area contributed by atoms with Crippen molar-refractivity contribution in [2.45, 2.75) is 38.9 Å². The fraction of sp³-hybridized carbons (Fsp3) is 0.438. The summed E-state index contributed by atoms with van der Waals surface area (Å²) in [5.74, 6) is 0.841. The summed E-state index contributed by atoms with van der Waals surface area (Å²) in [5.41, 5.74) is 4.23. The van der Waals surface area contributed by atoms with Gasteiger partial charge in [-0.1, -0.05) is 6.07 Å². The molecule has 2 aromatic rings. The second-order valence-corrected chi connectivity index (χ2v) is 6.32. The number of ether oxygens (including phenoxy) is 1. The van der Waals surface area contributed by atoms with Gasteiger partial charge in [-0.25, -0.2) is 0 Å². The molecule has 5 heteroatoms. The molecule has 4 nitrogen and oxygen atoms in total. The Labute approximate surface area is 132 Å². The lowest BCUT2D eigenvalue weighted by atomic mass is 9.89. The molecule has 1 aliphatic carbocycles. The zero-order chi connectivity index (χ0) is 15.0. The minimum Gasteiger partial charge on any atom is -0.487 e. The number of hydrogen-bond donors (Lipinski definition) is 1. The third-order valence-electron chi connectivity index (χ3n) is 4.03. The van der Waals surface area contributed by atoms with Crippen LogP contribution in [0, 0.1) is 6.92 Å². The highest BCUT2D eigenvalue weighted by atomic mass is 79.9. The zero-order valence-corrected chi connectivity index (χ0v) is 13.9. The maximum Gasteiger partial charge on any atom is 0.131 e. The number of aliphatic hydroxyl groups is 1. The van der Waals surface area contributed by atoms with Gasteiger partial charge in [-0.05, 0) is 65.4 Å². The van der Waals surface area contributed by atoms with Gasteiger partial charge in [0.15, 0.2) is 0 Å². The largest absolute Gasteiger partial charge is 0.487 e. The molecule has 1 unspecified atom stereocenters. The third-order valence-corrected chi connectivity index (χ3v) is 5.07. The van der Waals surface area contributed by atoms with Crippen molar-refractivity contribution in [3.05, 3.63) is 45.2 Å². The summed E-state index contributed by atoms with van der Waals surface area (Å²) in [5, 5.41) is 14.3. The summed E-state index contributed by atoms with van der Waals surface area (Å²) in [7, 11) is 1.92. The quantitative estimate of drug-likeness (QED) is 0.922. The van der Waals surface area contributed by atoms with Gasteiger partial charge in [-0.15, -0.1) is 0 Å². The van der Waals surface area contributed by atoms with E-state index >= 15 is 0 Å². The number of aliphatic hydroxyl groups excluding tert-OH is 1. The van der Waals surface area contributed by atoms with Gasteiger partial charge >= 0.3 is 0 Å². The number of rotatable bonds is 3. The fourth-order valence-corrected chi connectivity index (χ4v) is 3.29. The van der Waals surface area contributed by atoms with Gasteiger partial charge in [0.1, 0.15) is 12.4 Å². The number of fused-ring (bicyclic) bond motifs is 1. The first-order chi connectivity index (χ1) is 10.1. The highest BCUT2D eigenvalue weighted by molar-refractivity contribution is 9.10. The second-order valence-electron chi connectivity index (χ2n) is 5.53. The number of aromatic nitrogens is 2. The first-order valence-corrected chi connectivity index (χ1v) is 7.97. The molecule has 21 heavy (non-hydrogen) atoms. The van der Waals surface area contributed by atoms with Gasteiger partial charge in [-0.3, -0.25) is 4.68 Å². The molecule has 112 valence electrons. The standard InChI is InChI=1S/C16H19BrN2O2/c1-10-16(17)14(19(2)18-10)9-21-12-6-7-13-11(8-12)4-3-5-15(13)20/h6-8,15,20H,3-5,9H2,1-2H3. The highest BCUT2D eigenvalue weighted by Crippen LogP contribution is 2.32. The Morgan fingerprint density at radius 2 is 2.29 bits per heavy atom. The van der Waals surface area contributed by atoms with Crippen LogP contribution < -0.4 is 4.74 Å². The normalized spacial score (nSPS) is 17.6. The molecule has 1 aliphatic rings. The topological polar surface area (TPSA) is 47.3 Å². The van der Waals surface area contributed by atoms with Crippen molar-refractivity contribution in [3.8, 4) is 5.75 Å². The summed E-state index contributed by atoms with van der Waals surface area (Å²) in [6.45, 7) is 2.44. The average Bonchev–Trinajstić information content (AvgIpc) is 2.70. The Morgan fingerprint density at radius 3 is 3.00 bits per heavy atom. The van der Waals surface area contributed by atoms with E-state index in [4.69, 9.17) is 4.74 Å². The van der Waals surface area contributed by atoms with E-state index in [1.807, 2.05) is 30.8 Å². The minimum atomic E-state index is -0.323. The molecule has 0 bridgehead atoms. The average molecular weight is 351 g/mol. The fourth-order valence-electron chi connectivity index (χ4n) is 2.84. The summed E-state index contributed by atoms with van der Waals surface area (Å²) in [4.78, 5) is 0. The Balaban J connectivity index is 1.77. The molecule has 0 saturated heterocycles. The molecule has 0 spiro atoms. The van der Waals surface area contributed by atoms with E-state index in [0.717, 1.165) is 46.4 Å². The van der Waals surface area contributed by atoms with Crippen LogP contribution in [0.4, 0.5) is 0 Å². The van der Waals surface area contributed by atoms with E-state index in [0.29, 0.717) is 6.61 Å². The van der Waals surface area contributed by atoms with Crippen LogP contribution in [-0.4, -0.2) is 14.9 Å². The maximum absolute atomic E-state index is 9.98. The number of nitrogens with zero attached hydrogens (tertiary/aromatic N) is 2. The highest BCUT2D eigenvalue weighted by Gasteiger charge is 2.18. The lowest BCUT2D eigenvalue weighted by molar-refractivity contribution is 0.156. The molecule has 0 radical (unpaired) electrons. The van der Waals surface area contributed by atoms with Gasteiger partial charge in [-0.2, -0.15) is 5.10 Å². The number of benzene rings is 1. The van der Waals surface area contributed by atoms with Gasteiger partial charge < -0.3 is 9.84 Å². The minimum absolute atomic E-state index is 0.323. The molecule has 1 aromatic carbocycles. The molecule has 3 rings (SSSR count). The van der Waals surface area contributed by atoms with Crippen molar-refractivity contribution in [2.75, 3.05) is 0 Å². The molecule has 1 heterocycles. The summed E-state index contributed by atoms with van der Waals surface area (Å²) >= 11 is 3.55. The number of aryl methyl sites for hydroxylation is 3. The van der Waals surface area contributed by atoms with E-state index in [9.17, 15) is 5.11 Å². The molecular formula is C16H19BrN2O2. The molecule has 0 aliphatic heterocycles. The van der Waals surface area contributed by atoms with E-state index in [1.165, 1.54) is 5.56 Å². The maximum atomic E-state index is 9.98. The van der Waals surface area contributed by atoms with Crippen molar-refractivity contribution >= 4 is 15.9 Å². The predicted octanol–water partition coefficient (Wildman–Crippen LogP) is 3.44. The van der Waals surface area contributed by atoms with Gasteiger partial charge in [0.05, 0.1) is 22.0 Å². The van der Waals surface area contributed by atoms with Crippen LogP contribution in [0.25, 0.3) is 0 Å². The molecule has 0 fully saturated rings. The summed E-state index contributed by atoms with van der Waals surface area (Å²) in [6.07, 6.45) is 2.58. The van der Waals surface area contributed by atoms with Crippen molar-refractivity contribution in [1.29, 1.82) is 0 Å². The molecule has 1 atom stereocenters. The van der Waals surface area contributed by atoms with E-state index in [-0.39, 0.29) is 6.10 Å². The van der Waals surface area contributed by atoms with Gasteiger partial charge in [0, 0.05) is 7.05 Å². The van der Waals surface area contributed by atoms with Gasteiger partial charge in [0.2, 0.25) is 0 Å². The third kappa shape index (κ3) is 2.85. The second kappa shape index (κ2) is 5.81. The SMILES string of the molecule is Cc1nn(C)c(COc2ccc3c(c2)CCCC3O)c1Br. The Morgan fingerprint density at radius 1 is 1.48 bits per heavy atom. The van der Waals surface area contributed by atoms with Crippen LogP contribution in [-0.2, 0) is 20.1 Å². The predicted molar refractivity (Wildman–Crippen MR) is 84.3 cm³/mol. The first-order valence-electron chi connectivity index (χ1n) is 7.18. The number of halogens is 1. The monoisotopic (exact) mass is 350 g/mol. The Hall–Kier alpha value is -1.33. The van der Waals surface area contributed by atoms with E-state index < -0.39 is 0 Å². The van der Waals surface area contributed by atoms with Gasteiger partial charge in [0.25, 0.3) is 0 Å². The van der Waals surface area contributed by atoms with Crippen LogP contribution in [0.2, 0.25) is 0 Å².